The minimum absolute atomic E-state index is 0.413. The molecular formula is C13H24N4. The second-order valence-electron chi connectivity index (χ2n) is 4.70. The molecule has 96 valence electrons. The van der Waals surface area contributed by atoms with Gasteiger partial charge >= 0.3 is 0 Å². The first kappa shape index (κ1) is 13.9. The van der Waals surface area contributed by atoms with Crippen molar-refractivity contribution in [3.05, 3.63) is 11.4 Å². The van der Waals surface area contributed by atoms with Crippen molar-refractivity contribution in [3.8, 4) is 0 Å². The van der Waals surface area contributed by atoms with Crippen LogP contribution in [0.5, 0.6) is 0 Å². The molecule has 1 aromatic heterocycles. The predicted octanol–water partition coefficient (Wildman–Crippen LogP) is 3.26. The maximum atomic E-state index is 4.37. The fraction of sp³-hybridized carbons (Fsp3) is 0.769. The normalized spacial score (nSPS) is 12.5. The summed E-state index contributed by atoms with van der Waals surface area (Å²) in [5, 5.41) is 11.4. The summed E-state index contributed by atoms with van der Waals surface area (Å²) in [6.45, 7) is 8.29. The van der Waals surface area contributed by atoms with Crippen LogP contribution in [0.3, 0.4) is 0 Å². The Morgan fingerprint density at radius 2 is 1.82 bits per heavy atom. The molecule has 1 aromatic rings. The number of hydrogen-bond acceptors (Lipinski definition) is 4. The van der Waals surface area contributed by atoms with E-state index >= 15 is 0 Å². The van der Waals surface area contributed by atoms with Crippen molar-refractivity contribution in [2.75, 3.05) is 5.32 Å². The van der Waals surface area contributed by atoms with E-state index < -0.39 is 0 Å². The third-order valence-electron chi connectivity index (χ3n) is 2.96. The average molecular weight is 236 g/mol. The van der Waals surface area contributed by atoms with Crippen LogP contribution in [-0.2, 0) is 0 Å². The summed E-state index contributed by atoms with van der Waals surface area (Å²) in [7, 11) is 0. The lowest BCUT2D eigenvalue weighted by molar-refractivity contribution is 0.590. The molecule has 0 amide bonds. The van der Waals surface area contributed by atoms with E-state index in [-0.39, 0.29) is 0 Å². The summed E-state index contributed by atoms with van der Waals surface area (Å²) in [6, 6.07) is 0.413. The molecule has 17 heavy (non-hydrogen) atoms. The highest BCUT2D eigenvalue weighted by atomic mass is 15.2. The first-order valence-corrected chi connectivity index (χ1v) is 6.58. The van der Waals surface area contributed by atoms with Crippen LogP contribution in [0.15, 0.2) is 0 Å². The van der Waals surface area contributed by atoms with Crippen molar-refractivity contribution >= 4 is 5.95 Å². The van der Waals surface area contributed by atoms with Crippen molar-refractivity contribution in [1.82, 2.24) is 15.2 Å². The minimum Gasteiger partial charge on any atom is -0.350 e. The highest BCUT2D eigenvalue weighted by molar-refractivity contribution is 5.25. The van der Waals surface area contributed by atoms with Crippen LogP contribution in [0.2, 0.25) is 0 Å². The molecule has 0 saturated heterocycles. The third kappa shape index (κ3) is 5.11. The number of aryl methyl sites for hydroxylation is 2. The van der Waals surface area contributed by atoms with E-state index in [1.165, 1.54) is 25.7 Å². The summed E-state index contributed by atoms with van der Waals surface area (Å²) in [5.74, 6) is 0.649. The zero-order valence-electron chi connectivity index (χ0n) is 11.5. The van der Waals surface area contributed by atoms with Gasteiger partial charge in [-0.3, -0.25) is 0 Å². The van der Waals surface area contributed by atoms with Gasteiger partial charge in [-0.15, -0.1) is 5.10 Å². The van der Waals surface area contributed by atoms with Gasteiger partial charge in [-0.2, -0.15) is 5.10 Å². The molecule has 0 aliphatic carbocycles. The van der Waals surface area contributed by atoms with Gasteiger partial charge in [0, 0.05) is 6.04 Å². The van der Waals surface area contributed by atoms with Crippen LogP contribution in [0.1, 0.15) is 57.3 Å². The summed E-state index contributed by atoms with van der Waals surface area (Å²) >= 11 is 0. The molecule has 0 spiro atoms. The lowest BCUT2D eigenvalue weighted by atomic mass is 10.1. The van der Waals surface area contributed by atoms with E-state index in [0.29, 0.717) is 12.0 Å². The number of nitrogens with zero attached hydrogens (tertiary/aromatic N) is 3. The Kier molecular flexibility index (Phi) is 5.87. The summed E-state index contributed by atoms with van der Waals surface area (Å²) < 4.78 is 0. The van der Waals surface area contributed by atoms with Crippen LogP contribution in [0.4, 0.5) is 5.95 Å². The maximum absolute atomic E-state index is 4.37. The summed E-state index contributed by atoms with van der Waals surface area (Å²) in [4.78, 5) is 4.37. The molecule has 0 aliphatic rings. The lowest BCUT2D eigenvalue weighted by Gasteiger charge is -2.13. The Bertz CT molecular complexity index is 338. The molecular weight excluding hydrogens is 212 g/mol. The van der Waals surface area contributed by atoms with Crippen molar-refractivity contribution < 1.29 is 0 Å². The molecule has 0 fully saturated rings. The van der Waals surface area contributed by atoms with Crippen molar-refractivity contribution in [2.24, 2.45) is 0 Å². The van der Waals surface area contributed by atoms with Crippen LogP contribution >= 0.6 is 0 Å². The van der Waals surface area contributed by atoms with E-state index in [1.54, 1.807) is 0 Å². The fourth-order valence-corrected chi connectivity index (χ4v) is 1.69. The molecule has 1 rings (SSSR count). The zero-order valence-corrected chi connectivity index (χ0v) is 11.5. The standard InChI is InChI=1S/C13H24N4/c1-5-6-7-8-9-10(2)14-13-15-11(3)12(4)16-17-13/h10H,5-9H2,1-4H3,(H,14,15,17). The van der Waals surface area contributed by atoms with Gasteiger partial charge in [-0.1, -0.05) is 32.6 Å². The monoisotopic (exact) mass is 236 g/mol. The van der Waals surface area contributed by atoms with Crippen LogP contribution in [0, 0.1) is 13.8 Å². The summed E-state index contributed by atoms with van der Waals surface area (Å²) in [6.07, 6.45) is 6.35. The van der Waals surface area contributed by atoms with Gasteiger partial charge in [0.1, 0.15) is 0 Å². The number of nitrogens with one attached hydrogen (secondary N) is 1. The number of aromatic nitrogens is 3. The zero-order chi connectivity index (χ0) is 12.7. The first-order valence-electron chi connectivity index (χ1n) is 6.58. The first-order chi connectivity index (χ1) is 8.13. The molecule has 4 heteroatoms. The molecule has 1 atom stereocenters. The molecule has 1 unspecified atom stereocenters. The van der Waals surface area contributed by atoms with Gasteiger partial charge < -0.3 is 5.32 Å². The Labute approximate surface area is 104 Å². The van der Waals surface area contributed by atoms with Gasteiger partial charge in [0.15, 0.2) is 0 Å². The number of anilines is 1. The molecule has 0 saturated carbocycles. The second-order valence-corrected chi connectivity index (χ2v) is 4.70. The second kappa shape index (κ2) is 7.20. The number of unbranched alkanes of at least 4 members (excludes halogenated alkanes) is 3. The van der Waals surface area contributed by atoms with E-state index in [1.807, 2.05) is 13.8 Å². The average Bonchev–Trinajstić information content (AvgIpc) is 2.30. The molecule has 0 aromatic carbocycles. The molecule has 0 bridgehead atoms. The van der Waals surface area contributed by atoms with Crippen LogP contribution in [-0.4, -0.2) is 21.2 Å². The molecule has 0 aliphatic heterocycles. The smallest absolute Gasteiger partial charge is 0.243 e. The van der Waals surface area contributed by atoms with Crippen molar-refractivity contribution in [3.63, 3.8) is 0 Å². The Balaban J connectivity index is 2.34. The van der Waals surface area contributed by atoms with Gasteiger partial charge in [-0.05, 0) is 27.2 Å². The summed E-state index contributed by atoms with van der Waals surface area (Å²) in [5.41, 5.74) is 1.84. The Hall–Kier alpha value is -1.19. The van der Waals surface area contributed by atoms with Crippen LogP contribution < -0.4 is 5.32 Å². The SMILES string of the molecule is CCCCCCC(C)Nc1nnc(C)c(C)n1. The Morgan fingerprint density at radius 3 is 2.47 bits per heavy atom. The Morgan fingerprint density at radius 1 is 1.06 bits per heavy atom. The van der Waals surface area contributed by atoms with Gasteiger partial charge in [0.2, 0.25) is 5.95 Å². The number of rotatable bonds is 7. The van der Waals surface area contributed by atoms with Crippen molar-refractivity contribution in [1.29, 1.82) is 0 Å². The quantitative estimate of drug-likeness (QED) is 0.738. The minimum atomic E-state index is 0.413. The molecule has 0 radical (unpaired) electrons. The van der Waals surface area contributed by atoms with E-state index in [9.17, 15) is 0 Å². The lowest BCUT2D eigenvalue weighted by Crippen LogP contribution is -2.18. The maximum Gasteiger partial charge on any atom is 0.243 e. The van der Waals surface area contributed by atoms with E-state index in [4.69, 9.17) is 0 Å². The topological polar surface area (TPSA) is 50.7 Å². The predicted molar refractivity (Wildman–Crippen MR) is 71.1 cm³/mol. The highest BCUT2D eigenvalue weighted by Crippen LogP contribution is 2.09. The van der Waals surface area contributed by atoms with Gasteiger partial charge in [0.25, 0.3) is 0 Å². The largest absolute Gasteiger partial charge is 0.350 e. The van der Waals surface area contributed by atoms with Gasteiger partial charge in [-0.25, -0.2) is 4.98 Å². The van der Waals surface area contributed by atoms with Crippen molar-refractivity contribution in [2.45, 2.75) is 65.8 Å². The van der Waals surface area contributed by atoms with E-state index in [2.05, 4.69) is 34.3 Å². The third-order valence-corrected chi connectivity index (χ3v) is 2.96. The number of hydrogen-bond donors (Lipinski definition) is 1. The van der Waals surface area contributed by atoms with Gasteiger partial charge in [0.05, 0.1) is 11.4 Å². The van der Waals surface area contributed by atoms with E-state index in [0.717, 1.165) is 17.8 Å². The molecule has 1 N–H and O–H groups in total. The highest BCUT2D eigenvalue weighted by Gasteiger charge is 2.05. The van der Waals surface area contributed by atoms with Crippen LogP contribution in [0.25, 0.3) is 0 Å². The molecule has 1 heterocycles. The molecule has 4 nitrogen and oxygen atoms in total. The fourth-order valence-electron chi connectivity index (χ4n) is 1.69.